The minimum atomic E-state index is 0.0803. The molecule has 1 N–H and O–H groups in total. The van der Waals surface area contributed by atoms with Gasteiger partial charge in [-0.25, -0.2) is 4.42 Å². The van der Waals surface area contributed by atoms with Crippen molar-refractivity contribution in [1.82, 2.24) is 9.74 Å². The minimum absolute atomic E-state index is 0.0803. The van der Waals surface area contributed by atoms with Gasteiger partial charge in [0, 0.05) is 17.1 Å². The van der Waals surface area contributed by atoms with Gasteiger partial charge in [0.15, 0.2) is 0 Å². The molecule has 0 radical (unpaired) electrons. The summed E-state index contributed by atoms with van der Waals surface area (Å²) in [4.78, 5) is 0. The van der Waals surface area contributed by atoms with Crippen molar-refractivity contribution in [3.63, 3.8) is 0 Å². The molecule has 0 bridgehead atoms. The zero-order valence-electron chi connectivity index (χ0n) is 9.32. The molecule has 0 atom stereocenters. The van der Waals surface area contributed by atoms with Gasteiger partial charge in [0.1, 0.15) is 0 Å². The number of rotatable bonds is 1. The van der Waals surface area contributed by atoms with Gasteiger partial charge in [0.05, 0.1) is 0 Å². The Morgan fingerprint density at radius 1 is 1.15 bits per heavy atom. The first-order valence-electron chi connectivity index (χ1n) is 4.93. The van der Waals surface area contributed by atoms with Crippen molar-refractivity contribution in [3.8, 4) is 0 Å². The lowest BCUT2D eigenvalue weighted by Crippen LogP contribution is -2.59. The molecule has 0 amide bonds. The summed E-state index contributed by atoms with van der Waals surface area (Å²) in [5, 5.41) is 3.35. The minimum Gasteiger partial charge on any atom is -0.317 e. The van der Waals surface area contributed by atoms with Gasteiger partial charge in [-0.3, -0.25) is 0 Å². The van der Waals surface area contributed by atoms with Crippen LogP contribution in [0.5, 0.6) is 0 Å². The van der Waals surface area contributed by atoms with E-state index in [0.29, 0.717) is 6.04 Å². The van der Waals surface area contributed by atoms with E-state index in [1.807, 2.05) is 11.5 Å². The molecule has 0 unspecified atom stereocenters. The van der Waals surface area contributed by atoms with Crippen molar-refractivity contribution in [2.75, 3.05) is 7.05 Å². The van der Waals surface area contributed by atoms with Crippen LogP contribution in [0.4, 0.5) is 0 Å². The van der Waals surface area contributed by atoms with Crippen molar-refractivity contribution in [1.29, 1.82) is 0 Å². The van der Waals surface area contributed by atoms with Crippen LogP contribution < -0.4 is 5.32 Å². The van der Waals surface area contributed by atoms with Crippen LogP contribution in [0.1, 0.15) is 40.5 Å². The molecule has 2 nitrogen and oxygen atoms in total. The van der Waals surface area contributed by atoms with E-state index in [0.717, 1.165) is 12.8 Å². The van der Waals surface area contributed by atoms with E-state index >= 15 is 0 Å². The maximum atomic E-state index is 6.33. The van der Waals surface area contributed by atoms with Crippen molar-refractivity contribution in [2.45, 2.75) is 57.7 Å². The van der Waals surface area contributed by atoms with Gasteiger partial charge in [-0.05, 0) is 59.4 Å². The Labute approximate surface area is 86.7 Å². The van der Waals surface area contributed by atoms with Crippen LogP contribution in [0.3, 0.4) is 0 Å². The molecule has 0 aliphatic carbocycles. The molecule has 78 valence electrons. The van der Waals surface area contributed by atoms with E-state index in [-0.39, 0.29) is 11.1 Å². The van der Waals surface area contributed by atoms with Crippen LogP contribution >= 0.6 is 11.8 Å². The third-order valence-electron chi connectivity index (χ3n) is 2.96. The van der Waals surface area contributed by atoms with E-state index in [1.54, 1.807) is 0 Å². The molecule has 0 spiro atoms. The van der Waals surface area contributed by atoms with Crippen LogP contribution in [0.2, 0.25) is 0 Å². The van der Waals surface area contributed by atoms with E-state index in [4.69, 9.17) is 11.8 Å². The standard InChI is InChI=1S/C10H21ClN2/c1-9(2)6-8(12-5)7-10(3,4)13(9)11/h8,12H,6-7H2,1-5H3. The van der Waals surface area contributed by atoms with E-state index in [1.165, 1.54) is 0 Å². The van der Waals surface area contributed by atoms with Gasteiger partial charge in [-0.15, -0.1) is 0 Å². The Morgan fingerprint density at radius 3 is 1.85 bits per heavy atom. The first-order chi connectivity index (χ1) is 5.79. The van der Waals surface area contributed by atoms with Gasteiger partial charge in [-0.1, -0.05) is 0 Å². The summed E-state index contributed by atoms with van der Waals surface area (Å²) in [6.45, 7) is 8.80. The highest BCUT2D eigenvalue weighted by Crippen LogP contribution is 2.39. The van der Waals surface area contributed by atoms with Crippen molar-refractivity contribution in [3.05, 3.63) is 0 Å². The van der Waals surface area contributed by atoms with Crippen molar-refractivity contribution < 1.29 is 0 Å². The lowest BCUT2D eigenvalue weighted by Gasteiger charge is -2.51. The Bertz CT molecular complexity index is 171. The van der Waals surface area contributed by atoms with Gasteiger partial charge in [-0.2, -0.15) is 0 Å². The first-order valence-corrected chi connectivity index (χ1v) is 5.27. The average Bonchev–Trinajstić information content (AvgIpc) is 1.99. The number of piperidine rings is 1. The summed E-state index contributed by atoms with van der Waals surface area (Å²) in [6, 6.07) is 0.583. The largest absolute Gasteiger partial charge is 0.317 e. The maximum Gasteiger partial charge on any atom is 0.0327 e. The first kappa shape index (κ1) is 11.3. The van der Waals surface area contributed by atoms with Crippen LogP contribution in [0.25, 0.3) is 0 Å². The monoisotopic (exact) mass is 204 g/mol. The zero-order chi connectivity index (χ0) is 10.3. The average molecular weight is 205 g/mol. The molecule has 0 aromatic heterocycles. The molecular weight excluding hydrogens is 184 g/mol. The van der Waals surface area contributed by atoms with Crippen LogP contribution in [-0.4, -0.2) is 28.6 Å². The molecule has 1 saturated heterocycles. The topological polar surface area (TPSA) is 15.3 Å². The Kier molecular flexibility index (Phi) is 2.96. The molecule has 1 rings (SSSR count). The number of halogens is 1. The molecule has 1 fully saturated rings. The van der Waals surface area contributed by atoms with Gasteiger partial charge < -0.3 is 5.32 Å². The number of nitrogens with zero attached hydrogens (tertiary/aromatic N) is 1. The molecule has 1 aliphatic heterocycles. The summed E-state index contributed by atoms with van der Waals surface area (Å²) < 4.78 is 1.98. The van der Waals surface area contributed by atoms with Gasteiger partial charge >= 0.3 is 0 Å². The van der Waals surface area contributed by atoms with Crippen molar-refractivity contribution in [2.24, 2.45) is 0 Å². The third kappa shape index (κ3) is 2.17. The highest BCUT2D eigenvalue weighted by atomic mass is 35.5. The molecule has 0 aromatic rings. The summed E-state index contributed by atoms with van der Waals surface area (Å²) in [7, 11) is 2.03. The normalized spacial score (nSPS) is 29.1. The molecule has 1 aliphatic rings. The number of hydrogen-bond donors (Lipinski definition) is 1. The molecule has 3 heteroatoms. The second kappa shape index (κ2) is 3.41. The second-order valence-electron chi connectivity index (χ2n) is 5.30. The van der Waals surface area contributed by atoms with Crippen LogP contribution in [-0.2, 0) is 0 Å². The quantitative estimate of drug-likeness (QED) is 0.660. The van der Waals surface area contributed by atoms with Crippen LogP contribution in [0, 0.1) is 0 Å². The summed E-state index contributed by atoms with van der Waals surface area (Å²) >= 11 is 6.33. The zero-order valence-corrected chi connectivity index (χ0v) is 10.1. The van der Waals surface area contributed by atoms with Gasteiger partial charge in [0.2, 0.25) is 0 Å². The van der Waals surface area contributed by atoms with Crippen molar-refractivity contribution >= 4 is 11.8 Å². The number of hydrogen-bond acceptors (Lipinski definition) is 2. The summed E-state index contributed by atoms with van der Waals surface area (Å²) in [6.07, 6.45) is 2.22. The molecule has 1 heterocycles. The fraction of sp³-hybridized carbons (Fsp3) is 1.00. The maximum absolute atomic E-state index is 6.33. The molecular formula is C10H21ClN2. The molecule has 13 heavy (non-hydrogen) atoms. The Hall–Kier alpha value is 0.210. The third-order valence-corrected chi connectivity index (χ3v) is 3.88. The molecule has 0 aromatic carbocycles. The number of nitrogens with one attached hydrogen (secondary N) is 1. The van der Waals surface area contributed by atoms with E-state index in [2.05, 4.69) is 33.0 Å². The molecule has 0 saturated carbocycles. The lowest BCUT2D eigenvalue weighted by atomic mass is 9.79. The lowest BCUT2D eigenvalue weighted by molar-refractivity contribution is 0.0391. The predicted octanol–water partition coefficient (Wildman–Crippen LogP) is 2.38. The van der Waals surface area contributed by atoms with E-state index < -0.39 is 0 Å². The highest BCUT2D eigenvalue weighted by Gasteiger charge is 2.44. The smallest absolute Gasteiger partial charge is 0.0327 e. The Balaban J connectivity index is 2.82. The fourth-order valence-corrected chi connectivity index (χ4v) is 2.60. The second-order valence-corrected chi connectivity index (χ2v) is 5.64. The van der Waals surface area contributed by atoms with Gasteiger partial charge in [0.25, 0.3) is 0 Å². The van der Waals surface area contributed by atoms with E-state index in [9.17, 15) is 0 Å². The van der Waals surface area contributed by atoms with Crippen LogP contribution in [0.15, 0.2) is 0 Å². The fourth-order valence-electron chi connectivity index (χ4n) is 2.46. The Morgan fingerprint density at radius 2 is 1.54 bits per heavy atom. The SMILES string of the molecule is CNC1CC(C)(C)N(Cl)C(C)(C)C1. The highest BCUT2D eigenvalue weighted by molar-refractivity contribution is 6.14. The summed E-state index contributed by atoms with van der Waals surface area (Å²) in [5.41, 5.74) is 0.161. The predicted molar refractivity (Wildman–Crippen MR) is 57.9 cm³/mol. The summed E-state index contributed by atoms with van der Waals surface area (Å²) in [5.74, 6) is 0.